The molecule has 288 valence electrons. The predicted octanol–water partition coefficient (Wildman–Crippen LogP) is 2.71. The van der Waals surface area contributed by atoms with Gasteiger partial charge in [0, 0.05) is 72.0 Å². The van der Waals surface area contributed by atoms with Crippen LogP contribution in [0.15, 0.2) is 0 Å². The number of likely N-dealkylation sites (tertiary alicyclic amines) is 1. The Kier molecular flexibility index (Phi) is 13.7. The first-order chi connectivity index (χ1) is 24.6. The number of amides is 6. The molecular formula is C35H62N10O6. The van der Waals surface area contributed by atoms with Gasteiger partial charge in [-0.3, -0.25) is 10.3 Å². The van der Waals surface area contributed by atoms with E-state index in [0.717, 1.165) is 77.5 Å². The summed E-state index contributed by atoms with van der Waals surface area (Å²) in [4.78, 5) is 56.4. The molecule has 6 aliphatic rings. The molecule has 0 aromatic heterocycles. The molecule has 0 aromatic rings. The lowest BCUT2D eigenvalue weighted by molar-refractivity contribution is -0.0942. The Morgan fingerprint density at radius 3 is 1.65 bits per heavy atom. The van der Waals surface area contributed by atoms with Gasteiger partial charge in [0.2, 0.25) is 0 Å². The number of nitrogens with one attached hydrogen (secondary N) is 4. The summed E-state index contributed by atoms with van der Waals surface area (Å²) < 4.78 is 0. The SMILES string of the molecule is N=C(N)N1CCC(CCNC(=O)N2CCN(C(=O)O)[C@]3(C2)C2CCC[C@H]3CCC2)CC1.O=C(O)N1CCN(C(=O)NCCC2CCNCC2)CC1. The van der Waals surface area contributed by atoms with E-state index in [-0.39, 0.29) is 18.0 Å². The molecule has 8 N–H and O–H groups in total. The van der Waals surface area contributed by atoms with E-state index in [1.807, 2.05) is 9.80 Å². The average Bonchev–Trinajstić information content (AvgIpc) is 3.12. The van der Waals surface area contributed by atoms with Crippen molar-refractivity contribution in [3.05, 3.63) is 0 Å². The van der Waals surface area contributed by atoms with E-state index in [0.29, 0.717) is 82.6 Å². The van der Waals surface area contributed by atoms with Crippen molar-refractivity contribution in [3.63, 3.8) is 0 Å². The molecule has 0 aromatic carbocycles. The van der Waals surface area contributed by atoms with Crippen LogP contribution in [0, 0.1) is 29.1 Å². The number of nitrogens with two attached hydrogens (primary N) is 1. The summed E-state index contributed by atoms with van der Waals surface area (Å²) in [7, 11) is 0. The quantitative estimate of drug-likeness (QED) is 0.159. The molecule has 1 spiro atoms. The number of guanidine groups is 1. The highest BCUT2D eigenvalue weighted by Crippen LogP contribution is 2.52. The monoisotopic (exact) mass is 718 g/mol. The molecule has 0 radical (unpaired) electrons. The van der Waals surface area contributed by atoms with Crippen LogP contribution in [-0.2, 0) is 0 Å². The van der Waals surface area contributed by atoms with Crippen LogP contribution in [0.3, 0.4) is 0 Å². The fourth-order valence-corrected chi connectivity index (χ4v) is 9.61. The standard InChI is InChI=1S/C22H38N6O3.C13H24N4O3/c23-19(24)26-11-8-16(9-12-26)7-10-25-20(29)27-13-14-28(21(30)31)22(15-27)17-3-1-4-18(22)6-2-5-17;18-12(15-6-3-11-1-4-14-5-2-11)16-7-9-17(10-8-16)13(19)20/h16-18H,1-15H2,(H3,23,24)(H,25,29)(H,30,31);11,14H,1-10H2,(H,15,18)(H,19,20)/t17-,18?,22?;. The Balaban J connectivity index is 0.000000218. The largest absolute Gasteiger partial charge is 0.465 e. The van der Waals surface area contributed by atoms with Crippen molar-refractivity contribution in [2.24, 2.45) is 29.4 Å². The summed E-state index contributed by atoms with van der Waals surface area (Å²) in [6, 6.07) is -0.113. The van der Waals surface area contributed by atoms with Gasteiger partial charge in [0.15, 0.2) is 5.96 Å². The molecule has 0 atom stereocenters. The number of nitrogens with zero attached hydrogens (tertiary/aromatic N) is 5. The third-order valence-electron chi connectivity index (χ3n) is 12.6. The second-order valence-corrected chi connectivity index (χ2v) is 15.4. The Morgan fingerprint density at radius 1 is 0.647 bits per heavy atom. The number of carbonyl (C=O) groups is 4. The van der Waals surface area contributed by atoms with E-state index in [2.05, 4.69) is 16.0 Å². The number of carbonyl (C=O) groups excluding carboxylic acids is 2. The van der Waals surface area contributed by atoms with Gasteiger partial charge in [-0.1, -0.05) is 12.8 Å². The van der Waals surface area contributed by atoms with E-state index in [1.54, 1.807) is 9.80 Å². The highest BCUT2D eigenvalue weighted by Gasteiger charge is 2.57. The molecule has 2 aliphatic carbocycles. The minimum absolute atomic E-state index is 0.0470. The van der Waals surface area contributed by atoms with Gasteiger partial charge in [0.25, 0.3) is 0 Å². The van der Waals surface area contributed by atoms with Gasteiger partial charge in [0.1, 0.15) is 0 Å². The highest BCUT2D eigenvalue weighted by atomic mass is 16.4. The maximum atomic E-state index is 13.0. The number of carboxylic acid groups (broad SMARTS) is 2. The van der Waals surface area contributed by atoms with Crippen molar-refractivity contribution in [1.29, 1.82) is 5.41 Å². The van der Waals surface area contributed by atoms with Crippen LogP contribution in [0.4, 0.5) is 19.2 Å². The third-order valence-corrected chi connectivity index (χ3v) is 12.6. The average molecular weight is 719 g/mol. The van der Waals surface area contributed by atoms with E-state index in [9.17, 15) is 24.3 Å². The van der Waals surface area contributed by atoms with Gasteiger partial charge < -0.3 is 51.5 Å². The van der Waals surface area contributed by atoms with Crippen LogP contribution in [-0.4, -0.2) is 156 Å². The zero-order chi connectivity index (χ0) is 36.4. The van der Waals surface area contributed by atoms with Crippen molar-refractivity contribution in [3.8, 4) is 0 Å². The molecule has 6 rings (SSSR count). The number of hydrogen-bond acceptors (Lipinski definition) is 6. The number of hydrogen-bond donors (Lipinski definition) is 7. The van der Waals surface area contributed by atoms with Gasteiger partial charge in [-0.25, -0.2) is 19.2 Å². The number of piperidine rings is 2. The summed E-state index contributed by atoms with van der Waals surface area (Å²) in [5, 5.41) is 35.7. The summed E-state index contributed by atoms with van der Waals surface area (Å²) in [6.07, 6.45) is 11.3. The summed E-state index contributed by atoms with van der Waals surface area (Å²) in [5.74, 6) is 2.15. The van der Waals surface area contributed by atoms with Crippen molar-refractivity contribution in [2.45, 2.75) is 82.6 Å². The Labute approximate surface area is 302 Å². The highest BCUT2D eigenvalue weighted by molar-refractivity contribution is 5.76. The predicted molar refractivity (Wildman–Crippen MR) is 193 cm³/mol. The Hall–Kier alpha value is -3.69. The molecule has 4 saturated heterocycles. The normalized spacial score (nSPS) is 27.3. The maximum absolute atomic E-state index is 13.0. The molecule has 16 nitrogen and oxygen atoms in total. The molecule has 2 bridgehead atoms. The van der Waals surface area contributed by atoms with Gasteiger partial charge in [0.05, 0.1) is 5.54 Å². The lowest BCUT2D eigenvalue weighted by Gasteiger charge is -2.61. The van der Waals surface area contributed by atoms with Crippen LogP contribution in [0.5, 0.6) is 0 Å². The molecule has 6 amide bonds. The van der Waals surface area contributed by atoms with Crippen molar-refractivity contribution in [1.82, 2.24) is 40.4 Å². The second kappa shape index (κ2) is 18.2. The second-order valence-electron chi connectivity index (χ2n) is 15.4. The Bertz CT molecular complexity index is 1180. The van der Waals surface area contributed by atoms with Crippen LogP contribution in [0.25, 0.3) is 0 Å². The fraction of sp³-hybridized carbons (Fsp3) is 0.857. The lowest BCUT2D eigenvalue weighted by Crippen LogP contribution is -2.73. The van der Waals surface area contributed by atoms with Crippen LogP contribution in [0.2, 0.25) is 0 Å². The Morgan fingerprint density at radius 2 is 1.14 bits per heavy atom. The van der Waals surface area contributed by atoms with Gasteiger partial charge >= 0.3 is 24.2 Å². The molecule has 0 unspecified atom stereocenters. The van der Waals surface area contributed by atoms with Crippen molar-refractivity contribution in [2.75, 3.05) is 85.1 Å². The number of rotatable bonds is 6. The van der Waals surface area contributed by atoms with Gasteiger partial charge in [-0.05, 0) is 101 Å². The summed E-state index contributed by atoms with van der Waals surface area (Å²) in [6.45, 7) is 8.32. The van der Waals surface area contributed by atoms with E-state index >= 15 is 0 Å². The molecule has 16 heteroatoms. The van der Waals surface area contributed by atoms with E-state index in [4.69, 9.17) is 16.2 Å². The molecule has 51 heavy (non-hydrogen) atoms. The number of urea groups is 2. The van der Waals surface area contributed by atoms with Crippen molar-refractivity contribution < 1.29 is 29.4 Å². The first-order valence-electron chi connectivity index (χ1n) is 19.4. The van der Waals surface area contributed by atoms with E-state index < -0.39 is 17.7 Å². The molecular weight excluding hydrogens is 656 g/mol. The molecule has 4 aliphatic heterocycles. The topological polar surface area (TPSA) is 211 Å². The minimum Gasteiger partial charge on any atom is -0.465 e. The first-order valence-corrected chi connectivity index (χ1v) is 19.4. The smallest absolute Gasteiger partial charge is 0.407 e. The number of piperazine rings is 2. The summed E-state index contributed by atoms with van der Waals surface area (Å²) >= 11 is 0. The van der Waals surface area contributed by atoms with Crippen LogP contribution < -0.4 is 21.7 Å². The zero-order valence-electron chi connectivity index (χ0n) is 30.3. The molecule has 4 heterocycles. The lowest BCUT2D eigenvalue weighted by atomic mass is 9.58. The fourth-order valence-electron chi connectivity index (χ4n) is 9.61. The van der Waals surface area contributed by atoms with E-state index in [1.165, 1.54) is 30.6 Å². The third kappa shape index (κ3) is 9.80. The van der Waals surface area contributed by atoms with Gasteiger partial charge in [-0.15, -0.1) is 0 Å². The first kappa shape index (κ1) is 38.5. The maximum Gasteiger partial charge on any atom is 0.407 e. The van der Waals surface area contributed by atoms with Crippen molar-refractivity contribution >= 4 is 30.2 Å². The minimum atomic E-state index is -0.907. The van der Waals surface area contributed by atoms with Crippen LogP contribution >= 0.6 is 0 Å². The molecule has 2 saturated carbocycles. The zero-order valence-corrected chi connectivity index (χ0v) is 30.3. The summed E-state index contributed by atoms with van der Waals surface area (Å²) in [5.41, 5.74) is 5.17. The molecule has 6 fully saturated rings. The van der Waals surface area contributed by atoms with Crippen LogP contribution in [0.1, 0.15) is 77.0 Å². The van der Waals surface area contributed by atoms with Gasteiger partial charge in [-0.2, -0.15) is 0 Å².